The molecule has 0 N–H and O–H groups in total. The summed E-state index contributed by atoms with van der Waals surface area (Å²) < 4.78 is 13.3. The van der Waals surface area contributed by atoms with Crippen LogP contribution in [-0.2, 0) is 0 Å². The molecule has 1 unspecified atom stereocenters. The molecule has 94 valence electrons. The van der Waals surface area contributed by atoms with E-state index in [0.717, 1.165) is 25.0 Å². The Morgan fingerprint density at radius 2 is 2.39 bits per heavy atom. The minimum Gasteiger partial charge on any atom is -0.298 e. The van der Waals surface area contributed by atoms with Crippen LogP contribution in [0.5, 0.6) is 0 Å². The van der Waals surface area contributed by atoms with Gasteiger partial charge in [-0.1, -0.05) is 6.92 Å². The molecule has 5 heteroatoms. The molecule has 0 fully saturated rings. The van der Waals surface area contributed by atoms with Crippen molar-refractivity contribution >= 4 is 24.0 Å². The van der Waals surface area contributed by atoms with E-state index >= 15 is 0 Å². The zero-order valence-corrected chi connectivity index (χ0v) is 10.1. The summed E-state index contributed by atoms with van der Waals surface area (Å²) in [4.78, 5) is 22.7. The van der Waals surface area contributed by atoms with Crippen molar-refractivity contribution in [3.8, 4) is 0 Å². The molecule has 18 heavy (non-hydrogen) atoms. The average molecular weight is 247 g/mol. The molecule has 0 saturated heterocycles. The van der Waals surface area contributed by atoms with Gasteiger partial charge in [0.25, 0.3) is 0 Å². The van der Waals surface area contributed by atoms with E-state index in [-0.39, 0.29) is 11.4 Å². The van der Waals surface area contributed by atoms with Crippen molar-refractivity contribution in [3.05, 3.63) is 23.6 Å². The predicted molar refractivity (Wildman–Crippen MR) is 68.5 cm³/mol. The van der Waals surface area contributed by atoms with Gasteiger partial charge in [0, 0.05) is 6.21 Å². The normalized spacial score (nSPS) is 21.2. The summed E-state index contributed by atoms with van der Waals surface area (Å²) in [5, 5.41) is 0. The van der Waals surface area contributed by atoms with Crippen molar-refractivity contribution in [2.75, 3.05) is 0 Å². The molecule has 0 spiro atoms. The largest absolute Gasteiger partial charge is 0.298 e. The lowest BCUT2D eigenvalue weighted by atomic mass is 10.0. The van der Waals surface area contributed by atoms with E-state index in [4.69, 9.17) is 0 Å². The maximum Gasteiger partial charge on any atom is 0.225 e. The first-order valence-electron chi connectivity index (χ1n) is 5.95. The highest BCUT2D eigenvalue weighted by Crippen LogP contribution is 2.16. The monoisotopic (exact) mass is 247 g/mol. The minimum atomic E-state index is -0.786. The molecule has 0 aliphatic carbocycles. The third-order valence-electron chi connectivity index (χ3n) is 2.89. The first-order valence-corrected chi connectivity index (χ1v) is 5.95. The fourth-order valence-corrected chi connectivity index (χ4v) is 1.77. The number of halogens is 1. The number of aldehydes is 1. The fourth-order valence-electron chi connectivity index (χ4n) is 1.77. The van der Waals surface area contributed by atoms with E-state index in [1.54, 1.807) is 6.21 Å². The molecule has 1 aliphatic rings. The van der Waals surface area contributed by atoms with E-state index in [2.05, 4.69) is 21.9 Å². The van der Waals surface area contributed by atoms with Crippen LogP contribution in [0.1, 0.15) is 36.5 Å². The van der Waals surface area contributed by atoms with E-state index in [9.17, 15) is 9.18 Å². The van der Waals surface area contributed by atoms with Gasteiger partial charge in [0.2, 0.25) is 5.95 Å². The lowest BCUT2D eigenvalue weighted by Crippen LogP contribution is -2.15. The van der Waals surface area contributed by atoms with Gasteiger partial charge in [-0.2, -0.15) is 9.37 Å². The number of aromatic nitrogens is 1. The smallest absolute Gasteiger partial charge is 0.225 e. The third kappa shape index (κ3) is 2.85. The zero-order chi connectivity index (χ0) is 13.0. The van der Waals surface area contributed by atoms with Gasteiger partial charge < -0.3 is 0 Å². The van der Waals surface area contributed by atoms with Crippen LogP contribution in [0.4, 0.5) is 10.2 Å². The van der Waals surface area contributed by atoms with Gasteiger partial charge in [0.05, 0.1) is 17.3 Å². The van der Waals surface area contributed by atoms with Crippen LogP contribution in [0.3, 0.4) is 0 Å². The van der Waals surface area contributed by atoms with Gasteiger partial charge in [-0.25, -0.2) is 4.99 Å². The molecule has 0 radical (unpaired) electrons. The molecule has 1 atom stereocenters. The highest BCUT2D eigenvalue weighted by Gasteiger charge is 2.11. The van der Waals surface area contributed by atoms with E-state index < -0.39 is 5.95 Å². The maximum absolute atomic E-state index is 13.3. The molecular weight excluding hydrogens is 233 g/mol. The number of rotatable bonds is 3. The van der Waals surface area contributed by atoms with Gasteiger partial charge >= 0.3 is 0 Å². The molecule has 0 bridgehead atoms. The molecular formula is C13H14FN3O. The lowest BCUT2D eigenvalue weighted by Gasteiger charge is -2.14. The Kier molecular flexibility index (Phi) is 3.92. The standard InChI is InChI=1S/C13H14FN3O/c1-2-10-4-5-11(7-15-10)16-12-6-3-9(8-18)13(14)17-12/h3,6-8,10H,2,4-5H2,1H3. The maximum atomic E-state index is 13.3. The number of aliphatic imine (C=N–C) groups is 2. The molecule has 2 heterocycles. The first-order chi connectivity index (χ1) is 8.72. The number of hydrogen-bond acceptors (Lipinski definition) is 4. The van der Waals surface area contributed by atoms with Crippen molar-refractivity contribution in [2.45, 2.75) is 32.2 Å². The summed E-state index contributed by atoms with van der Waals surface area (Å²) in [5.41, 5.74) is 0.743. The summed E-state index contributed by atoms with van der Waals surface area (Å²) >= 11 is 0. The van der Waals surface area contributed by atoms with Gasteiger partial charge in [0.15, 0.2) is 12.1 Å². The van der Waals surface area contributed by atoms with Crippen molar-refractivity contribution in [1.29, 1.82) is 0 Å². The van der Waals surface area contributed by atoms with E-state index in [1.807, 2.05) is 0 Å². The average Bonchev–Trinajstić information content (AvgIpc) is 2.40. The zero-order valence-electron chi connectivity index (χ0n) is 10.1. The fraction of sp³-hybridized carbons (Fsp3) is 0.385. The molecule has 0 amide bonds. The molecule has 0 aromatic carbocycles. The quantitative estimate of drug-likeness (QED) is 0.609. The summed E-state index contributed by atoms with van der Waals surface area (Å²) in [6.07, 6.45) is 4.96. The SMILES string of the molecule is CCC1CCC(=Nc2ccc(C=O)c(F)n2)C=N1. The Bertz CT molecular complexity index is 511. The number of nitrogens with zero attached hydrogens (tertiary/aromatic N) is 3. The van der Waals surface area contributed by atoms with Crippen molar-refractivity contribution in [2.24, 2.45) is 9.98 Å². The number of pyridine rings is 1. The topological polar surface area (TPSA) is 54.7 Å². The van der Waals surface area contributed by atoms with Gasteiger partial charge in [0.1, 0.15) is 0 Å². The summed E-state index contributed by atoms with van der Waals surface area (Å²) in [6.45, 7) is 2.10. The highest BCUT2D eigenvalue weighted by atomic mass is 19.1. The van der Waals surface area contributed by atoms with Crippen LogP contribution in [0.15, 0.2) is 22.1 Å². The van der Waals surface area contributed by atoms with Crippen molar-refractivity contribution in [1.82, 2.24) is 4.98 Å². The molecule has 1 aliphatic heterocycles. The number of carbonyl (C=O) groups excluding carboxylic acids is 1. The molecule has 1 aromatic rings. The van der Waals surface area contributed by atoms with Gasteiger partial charge in [-0.05, 0) is 31.4 Å². The second-order valence-electron chi connectivity index (χ2n) is 4.15. The first kappa shape index (κ1) is 12.5. The number of carbonyl (C=O) groups is 1. The van der Waals surface area contributed by atoms with Gasteiger partial charge in [-0.15, -0.1) is 0 Å². The molecule has 0 saturated carbocycles. The second-order valence-corrected chi connectivity index (χ2v) is 4.15. The Morgan fingerprint density at radius 1 is 1.56 bits per heavy atom. The van der Waals surface area contributed by atoms with Gasteiger partial charge in [-0.3, -0.25) is 9.79 Å². The Labute approximate surface area is 105 Å². The molecule has 2 rings (SSSR count). The van der Waals surface area contributed by atoms with Crippen molar-refractivity contribution in [3.63, 3.8) is 0 Å². The van der Waals surface area contributed by atoms with E-state index in [1.165, 1.54) is 12.1 Å². The van der Waals surface area contributed by atoms with Crippen LogP contribution in [0.25, 0.3) is 0 Å². The minimum absolute atomic E-state index is 0.0534. The second kappa shape index (κ2) is 5.62. The predicted octanol–water partition coefficient (Wildman–Crippen LogP) is 2.75. The number of hydrogen-bond donors (Lipinski definition) is 0. The third-order valence-corrected chi connectivity index (χ3v) is 2.89. The van der Waals surface area contributed by atoms with Crippen LogP contribution in [-0.4, -0.2) is 29.2 Å². The Balaban J connectivity index is 2.19. The van der Waals surface area contributed by atoms with Crippen LogP contribution >= 0.6 is 0 Å². The lowest BCUT2D eigenvalue weighted by molar-refractivity contribution is 0.111. The molecule has 4 nitrogen and oxygen atoms in total. The summed E-state index contributed by atoms with van der Waals surface area (Å²) in [6, 6.07) is 3.27. The van der Waals surface area contributed by atoms with Crippen LogP contribution < -0.4 is 0 Å². The molecule has 1 aromatic heterocycles. The summed E-state index contributed by atoms with van der Waals surface area (Å²) in [5.74, 6) is -0.513. The summed E-state index contributed by atoms with van der Waals surface area (Å²) in [7, 11) is 0. The van der Waals surface area contributed by atoms with Crippen LogP contribution in [0, 0.1) is 5.95 Å². The van der Waals surface area contributed by atoms with Crippen LogP contribution in [0.2, 0.25) is 0 Å². The Morgan fingerprint density at radius 3 is 2.94 bits per heavy atom. The Hall–Kier alpha value is -1.91. The van der Waals surface area contributed by atoms with Crippen molar-refractivity contribution < 1.29 is 9.18 Å². The van der Waals surface area contributed by atoms with E-state index in [0.29, 0.717) is 12.3 Å². The highest BCUT2D eigenvalue weighted by molar-refractivity contribution is 6.31.